The molecule has 3 atom stereocenters. The van der Waals surface area contributed by atoms with Crippen LogP contribution in [0.3, 0.4) is 0 Å². The molecule has 2 fully saturated rings. The number of aryl methyl sites for hydroxylation is 1. The summed E-state index contributed by atoms with van der Waals surface area (Å²) < 4.78 is 144. The molecule has 2 saturated carbocycles. The molecule has 1 amide bonds. The molecule has 3 aromatic heterocycles. The number of aromatic nitrogens is 5. The molecule has 22 heteroatoms. The average molecular weight is 883 g/mol. The zero-order valence-electron chi connectivity index (χ0n) is 31.1. The zero-order valence-corrected chi connectivity index (χ0v) is 32.7. The van der Waals surface area contributed by atoms with E-state index < -0.39 is 107 Å². The highest BCUT2D eigenvalue weighted by atomic mass is 35.5. The van der Waals surface area contributed by atoms with Crippen LogP contribution in [0.2, 0.25) is 5.02 Å². The van der Waals surface area contributed by atoms with Crippen molar-refractivity contribution in [3.05, 3.63) is 87.0 Å². The van der Waals surface area contributed by atoms with Gasteiger partial charge in [0.1, 0.15) is 40.9 Å². The largest absolute Gasteiger partial charge is 0.396 e. The first-order valence-electron chi connectivity index (χ1n) is 18.0. The van der Waals surface area contributed by atoms with Gasteiger partial charge in [0.05, 0.1) is 52.4 Å². The number of pyridine rings is 1. The number of nitrogen functional groups attached to an aromatic ring is 1. The standard InChI is InChI=1S/C38H31ClF8N8O4S/c1-54-32-19(3-4-23(39)29(32)35(52-54)53-60(2,58)59)20-12-24(48)25(5-6-36(57)14-37(44,45)15-36)50-30(20)26(9-16-7-17(40)10-18(41)8-16)49-27(56)13-55-33-28(31(51-55)34(42)43)21-11-22(21)38(33,46)47/h3-4,7-8,10,12,21-22,26,34,57H,9,11,13-15,48H2,1-2H3,(H,49,56)(H,52,53)/t21-,22+,26-/m0/s1. The summed E-state index contributed by atoms with van der Waals surface area (Å²) in [6.45, 7) is -1.01. The summed E-state index contributed by atoms with van der Waals surface area (Å²) in [6, 6.07) is 5.13. The number of nitrogens with zero attached hydrogens (tertiary/aromatic N) is 5. The molecular weight excluding hydrogens is 852 g/mol. The van der Waals surface area contributed by atoms with E-state index in [2.05, 4.69) is 37.1 Å². The van der Waals surface area contributed by atoms with Crippen LogP contribution in [0.25, 0.3) is 22.0 Å². The van der Waals surface area contributed by atoms with Crippen LogP contribution in [-0.4, -0.2) is 61.8 Å². The lowest BCUT2D eigenvalue weighted by Crippen LogP contribution is -2.50. The van der Waals surface area contributed by atoms with Crippen molar-refractivity contribution in [2.24, 2.45) is 13.0 Å². The van der Waals surface area contributed by atoms with Gasteiger partial charge in [0.25, 0.3) is 18.3 Å². The van der Waals surface area contributed by atoms with Crippen LogP contribution in [0.15, 0.2) is 36.4 Å². The molecule has 60 heavy (non-hydrogen) atoms. The molecule has 0 aliphatic heterocycles. The number of hydrogen-bond donors (Lipinski definition) is 4. The summed E-state index contributed by atoms with van der Waals surface area (Å²) in [6.07, 6.45) is -4.82. The van der Waals surface area contributed by atoms with Crippen molar-refractivity contribution >= 4 is 49.9 Å². The van der Waals surface area contributed by atoms with Crippen molar-refractivity contribution in [3.63, 3.8) is 0 Å². The third-order valence-corrected chi connectivity index (χ3v) is 11.5. The molecule has 0 saturated heterocycles. The molecule has 0 bridgehead atoms. The highest BCUT2D eigenvalue weighted by molar-refractivity contribution is 7.92. The number of carbonyl (C=O) groups excluding carboxylic acids is 1. The fourth-order valence-electron chi connectivity index (χ4n) is 8.17. The van der Waals surface area contributed by atoms with Crippen molar-refractivity contribution in [1.29, 1.82) is 0 Å². The number of amides is 1. The second kappa shape index (κ2) is 14.1. The Labute approximate surface area is 340 Å². The summed E-state index contributed by atoms with van der Waals surface area (Å²) in [7, 11) is -2.46. The van der Waals surface area contributed by atoms with Crippen molar-refractivity contribution in [1.82, 2.24) is 29.9 Å². The Morgan fingerprint density at radius 2 is 1.75 bits per heavy atom. The van der Waals surface area contributed by atoms with Gasteiger partial charge in [-0.15, -0.1) is 0 Å². The number of aliphatic hydroxyl groups is 1. The van der Waals surface area contributed by atoms with Gasteiger partial charge in [-0.2, -0.15) is 19.0 Å². The van der Waals surface area contributed by atoms with Crippen LogP contribution in [-0.2, 0) is 40.8 Å². The van der Waals surface area contributed by atoms with Gasteiger partial charge in [-0.3, -0.25) is 18.9 Å². The Hall–Kier alpha value is -5.46. The molecule has 3 aliphatic carbocycles. The van der Waals surface area contributed by atoms with Gasteiger partial charge in [0.2, 0.25) is 15.9 Å². The van der Waals surface area contributed by atoms with E-state index in [1.54, 1.807) is 0 Å². The number of sulfonamides is 1. The molecular formula is C38H31ClF8N8O4S. The Balaban J connectivity index is 1.29. The van der Waals surface area contributed by atoms with E-state index in [0.717, 1.165) is 18.4 Å². The minimum absolute atomic E-state index is 0.0268. The monoisotopic (exact) mass is 882 g/mol. The summed E-state index contributed by atoms with van der Waals surface area (Å²) in [5.74, 6) is -7.26. The molecule has 5 N–H and O–H groups in total. The summed E-state index contributed by atoms with van der Waals surface area (Å²) in [4.78, 5) is 18.6. The van der Waals surface area contributed by atoms with Gasteiger partial charge in [0, 0.05) is 35.7 Å². The van der Waals surface area contributed by atoms with Crippen LogP contribution in [0, 0.1) is 29.4 Å². The maximum atomic E-state index is 15.4. The first-order chi connectivity index (χ1) is 27.9. The quantitative estimate of drug-likeness (QED) is 0.0914. The molecule has 0 unspecified atom stereocenters. The minimum atomic E-state index is -3.91. The van der Waals surface area contributed by atoms with Gasteiger partial charge in [-0.25, -0.2) is 39.7 Å². The van der Waals surface area contributed by atoms with Crippen molar-refractivity contribution in [2.75, 3.05) is 16.7 Å². The minimum Gasteiger partial charge on any atom is -0.396 e. The summed E-state index contributed by atoms with van der Waals surface area (Å²) in [5, 5.41) is 21.3. The van der Waals surface area contributed by atoms with E-state index in [1.165, 1.54) is 29.9 Å². The fourth-order valence-corrected chi connectivity index (χ4v) is 8.90. The third-order valence-electron chi connectivity index (χ3n) is 10.6. The fraction of sp³-hybridized carbons (Fsp3) is 0.368. The lowest BCUT2D eigenvalue weighted by molar-refractivity contribution is -0.176. The van der Waals surface area contributed by atoms with E-state index in [1.807, 2.05) is 0 Å². The van der Waals surface area contributed by atoms with E-state index in [9.17, 15) is 44.7 Å². The Bertz CT molecular complexity index is 2790. The number of halogens is 9. The molecule has 0 spiro atoms. The van der Waals surface area contributed by atoms with E-state index in [0.29, 0.717) is 10.7 Å². The molecule has 2 aromatic carbocycles. The number of hydrogen-bond acceptors (Lipinski definition) is 8. The number of fused-ring (bicyclic) bond motifs is 4. The Morgan fingerprint density at radius 1 is 1.07 bits per heavy atom. The van der Waals surface area contributed by atoms with Crippen molar-refractivity contribution < 1.29 is 53.4 Å². The number of rotatable bonds is 10. The molecule has 0 radical (unpaired) electrons. The number of anilines is 2. The lowest BCUT2D eigenvalue weighted by atomic mass is 9.77. The predicted octanol–water partition coefficient (Wildman–Crippen LogP) is 6.48. The number of alkyl halides is 6. The number of nitrogens with two attached hydrogens (primary N) is 1. The van der Waals surface area contributed by atoms with Crippen LogP contribution in [0.4, 0.5) is 46.6 Å². The van der Waals surface area contributed by atoms with E-state index >= 15 is 8.78 Å². The predicted molar refractivity (Wildman–Crippen MR) is 201 cm³/mol. The van der Waals surface area contributed by atoms with Gasteiger partial charge in [0.15, 0.2) is 5.82 Å². The molecule has 12 nitrogen and oxygen atoms in total. The smallest absolute Gasteiger partial charge is 0.293 e. The molecule has 3 heterocycles. The third kappa shape index (κ3) is 7.49. The van der Waals surface area contributed by atoms with Gasteiger partial charge < -0.3 is 16.2 Å². The lowest BCUT2D eigenvalue weighted by Gasteiger charge is -2.39. The topological polar surface area (TPSA) is 170 Å². The SMILES string of the molecule is Cn1nc(NS(C)(=O)=O)c2c(Cl)ccc(-c3cc(N)c(C#CC4(O)CC(F)(F)C4)nc3[C@H](Cc3cc(F)cc(F)c3)NC(=O)Cn3nc(C(F)F)c4c3C(F)(F)[C@@H]3C[C@H]43)c21. The normalized spacial score (nSPS) is 19.9. The van der Waals surface area contributed by atoms with Crippen LogP contribution < -0.4 is 15.8 Å². The van der Waals surface area contributed by atoms with Crippen molar-refractivity contribution in [2.45, 2.75) is 68.1 Å². The average Bonchev–Trinajstić information content (AvgIpc) is 3.65. The number of benzene rings is 2. The van der Waals surface area contributed by atoms with Gasteiger partial charge in [-0.1, -0.05) is 23.6 Å². The Morgan fingerprint density at radius 3 is 2.38 bits per heavy atom. The second-order valence-electron chi connectivity index (χ2n) is 15.3. The summed E-state index contributed by atoms with van der Waals surface area (Å²) in [5.41, 5.74) is 1.97. The van der Waals surface area contributed by atoms with Gasteiger partial charge in [-0.05, 0) is 54.5 Å². The first kappa shape index (κ1) is 41.3. The highest BCUT2D eigenvalue weighted by Gasteiger charge is 2.67. The molecule has 316 valence electrons. The highest BCUT2D eigenvalue weighted by Crippen LogP contribution is 2.68. The Kier molecular flexibility index (Phi) is 9.67. The van der Waals surface area contributed by atoms with Crippen molar-refractivity contribution in [3.8, 4) is 23.0 Å². The van der Waals surface area contributed by atoms with Gasteiger partial charge >= 0.3 is 0 Å². The molecule has 5 aromatic rings. The first-order valence-corrected chi connectivity index (χ1v) is 20.3. The second-order valence-corrected chi connectivity index (χ2v) is 17.5. The summed E-state index contributed by atoms with van der Waals surface area (Å²) >= 11 is 6.56. The maximum Gasteiger partial charge on any atom is 0.293 e. The number of nitrogens with one attached hydrogen (secondary N) is 2. The maximum absolute atomic E-state index is 15.4. The van der Waals surface area contributed by atoms with Crippen LogP contribution in [0.5, 0.6) is 0 Å². The van der Waals surface area contributed by atoms with E-state index in [-0.39, 0.29) is 67.5 Å². The molecule has 8 rings (SSSR count). The van der Waals surface area contributed by atoms with Crippen LogP contribution >= 0.6 is 11.6 Å². The van der Waals surface area contributed by atoms with Crippen LogP contribution in [0.1, 0.15) is 71.6 Å². The van der Waals surface area contributed by atoms with E-state index in [4.69, 9.17) is 17.3 Å². The molecule has 3 aliphatic rings. The number of carbonyl (C=O) groups is 1. The zero-order chi connectivity index (χ0) is 43.4.